The number of fused-ring (bicyclic) bond motifs is 3. The van der Waals surface area contributed by atoms with Crippen LogP contribution in [-0.2, 0) is 0 Å². The van der Waals surface area contributed by atoms with E-state index in [0.717, 1.165) is 54.6 Å². The summed E-state index contributed by atoms with van der Waals surface area (Å²) >= 11 is 3.65. The summed E-state index contributed by atoms with van der Waals surface area (Å²) in [6.45, 7) is 0. The van der Waals surface area contributed by atoms with Crippen molar-refractivity contribution in [3.05, 3.63) is 114 Å². The third-order valence-electron chi connectivity index (χ3n) is 5.69. The molecule has 0 spiro atoms. The van der Waals surface area contributed by atoms with Crippen molar-refractivity contribution >= 4 is 37.9 Å². The van der Waals surface area contributed by atoms with E-state index >= 15 is 0 Å². The van der Waals surface area contributed by atoms with Crippen molar-refractivity contribution in [2.24, 2.45) is 0 Å². The predicted octanol–water partition coefficient (Wildman–Crippen LogP) is 7.67. The number of rotatable bonds is 3. The number of hydrogen-bond donors (Lipinski definition) is 0. The minimum atomic E-state index is 0.941. The van der Waals surface area contributed by atoms with Gasteiger partial charge in [0.1, 0.15) is 0 Å². The van der Waals surface area contributed by atoms with Gasteiger partial charge in [-0.05, 0) is 42.5 Å². The lowest BCUT2D eigenvalue weighted by Gasteiger charge is -2.13. The Balaban J connectivity index is 1.70. The van der Waals surface area contributed by atoms with E-state index in [4.69, 9.17) is 9.97 Å². The highest BCUT2D eigenvalue weighted by Gasteiger charge is 2.16. The first-order valence-corrected chi connectivity index (χ1v) is 11.3. The summed E-state index contributed by atoms with van der Waals surface area (Å²) in [6.07, 6.45) is 1.85. The SMILES string of the molecule is Brc1ccc2c3ncccc3n(-c3cc(-c4ccccc4)nc(-c4ccccc4)c3)c2c1. The summed E-state index contributed by atoms with van der Waals surface area (Å²) in [5.41, 5.74) is 8.30. The van der Waals surface area contributed by atoms with Crippen molar-refractivity contribution in [3.8, 4) is 28.2 Å². The molecule has 0 N–H and O–H groups in total. The zero-order chi connectivity index (χ0) is 21.5. The second-order valence-electron chi connectivity index (χ2n) is 7.70. The van der Waals surface area contributed by atoms with Crippen LogP contribution in [0, 0.1) is 0 Å². The van der Waals surface area contributed by atoms with Crippen molar-refractivity contribution in [3.63, 3.8) is 0 Å². The van der Waals surface area contributed by atoms with Crippen molar-refractivity contribution < 1.29 is 0 Å². The predicted molar refractivity (Wildman–Crippen MR) is 135 cm³/mol. The molecule has 3 aromatic heterocycles. The Kier molecular flexibility index (Phi) is 4.58. The van der Waals surface area contributed by atoms with Crippen LogP contribution in [0.15, 0.2) is 114 Å². The van der Waals surface area contributed by atoms with Gasteiger partial charge in [-0.2, -0.15) is 0 Å². The monoisotopic (exact) mass is 475 g/mol. The van der Waals surface area contributed by atoms with E-state index < -0.39 is 0 Å². The Labute approximate surface area is 194 Å². The van der Waals surface area contributed by atoms with Crippen molar-refractivity contribution in [2.45, 2.75) is 0 Å². The molecule has 152 valence electrons. The lowest BCUT2D eigenvalue weighted by molar-refractivity contribution is 1.15. The largest absolute Gasteiger partial charge is 0.307 e. The maximum Gasteiger partial charge on any atom is 0.0963 e. The van der Waals surface area contributed by atoms with Crippen LogP contribution in [-0.4, -0.2) is 14.5 Å². The minimum absolute atomic E-state index is 0.941. The maximum atomic E-state index is 5.02. The van der Waals surface area contributed by atoms with Gasteiger partial charge in [-0.15, -0.1) is 0 Å². The fourth-order valence-electron chi connectivity index (χ4n) is 4.24. The van der Waals surface area contributed by atoms with Gasteiger partial charge in [-0.3, -0.25) is 4.98 Å². The molecule has 0 saturated carbocycles. The molecule has 6 aromatic rings. The molecule has 32 heavy (non-hydrogen) atoms. The molecule has 0 saturated heterocycles. The molecule has 3 nitrogen and oxygen atoms in total. The first kappa shape index (κ1) is 19.0. The fourth-order valence-corrected chi connectivity index (χ4v) is 4.59. The average Bonchev–Trinajstić information content (AvgIpc) is 3.18. The molecule has 0 bridgehead atoms. The fraction of sp³-hybridized carbons (Fsp3) is 0. The van der Waals surface area contributed by atoms with Crippen LogP contribution >= 0.6 is 15.9 Å². The Bertz CT molecular complexity index is 1510. The smallest absolute Gasteiger partial charge is 0.0963 e. The number of halogens is 1. The molecule has 0 aliphatic rings. The number of benzene rings is 3. The van der Waals surface area contributed by atoms with Gasteiger partial charge in [-0.25, -0.2) is 4.98 Å². The van der Waals surface area contributed by atoms with Crippen LogP contribution in [0.25, 0.3) is 50.1 Å². The van der Waals surface area contributed by atoms with Crippen LogP contribution in [0.4, 0.5) is 0 Å². The molecule has 0 atom stereocenters. The van der Waals surface area contributed by atoms with Gasteiger partial charge in [0.05, 0.1) is 33.6 Å². The highest BCUT2D eigenvalue weighted by atomic mass is 79.9. The third kappa shape index (κ3) is 3.20. The zero-order valence-electron chi connectivity index (χ0n) is 17.1. The molecule has 0 amide bonds. The van der Waals surface area contributed by atoms with E-state index in [1.165, 1.54) is 0 Å². The average molecular weight is 476 g/mol. The third-order valence-corrected chi connectivity index (χ3v) is 6.18. The number of nitrogens with zero attached hydrogens (tertiary/aromatic N) is 3. The molecular formula is C28H18BrN3. The Morgan fingerprint density at radius 2 is 1.28 bits per heavy atom. The molecule has 0 aliphatic carbocycles. The Morgan fingerprint density at radius 3 is 1.94 bits per heavy atom. The summed E-state index contributed by atoms with van der Waals surface area (Å²) in [7, 11) is 0. The van der Waals surface area contributed by atoms with Gasteiger partial charge >= 0.3 is 0 Å². The van der Waals surface area contributed by atoms with Gasteiger partial charge in [0.15, 0.2) is 0 Å². The van der Waals surface area contributed by atoms with Crippen LogP contribution in [0.1, 0.15) is 0 Å². The van der Waals surface area contributed by atoms with Crippen molar-refractivity contribution in [2.75, 3.05) is 0 Å². The van der Waals surface area contributed by atoms with Crippen LogP contribution in [0.5, 0.6) is 0 Å². The van der Waals surface area contributed by atoms with Gasteiger partial charge in [0.25, 0.3) is 0 Å². The highest BCUT2D eigenvalue weighted by Crippen LogP contribution is 2.35. The topological polar surface area (TPSA) is 30.7 Å². The molecule has 0 aliphatic heterocycles. The standard InChI is InChI=1S/C28H18BrN3/c29-21-13-14-23-27(16-21)32(26-12-7-15-30-28(23)26)22-17-24(19-8-3-1-4-9-19)31-25(18-22)20-10-5-2-6-11-20/h1-18H. The normalized spacial score (nSPS) is 11.3. The van der Waals surface area contributed by atoms with E-state index in [1.54, 1.807) is 0 Å². The van der Waals surface area contributed by atoms with E-state index in [9.17, 15) is 0 Å². The molecule has 0 unspecified atom stereocenters. The number of aromatic nitrogens is 3. The summed E-state index contributed by atoms with van der Waals surface area (Å²) < 4.78 is 3.32. The zero-order valence-corrected chi connectivity index (χ0v) is 18.7. The van der Waals surface area contributed by atoms with E-state index in [-0.39, 0.29) is 0 Å². The number of pyridine rings is 2. The summed E-state index contributed by atoms with van der Waals surface area (Å²) in [6, 6.07) is 35.5. The molecule has 3 heterocycles. The first-order chi connectivity index (χ1) is 15.8. The van der Waals surface area contributed by atoms with Gasteiger partial charge < -0.3 is 4.57 Å². The van der Waals surface area contributed by atoms with Crippen LogP contribution < -0.4 is 0 Å². The molecular weight excluding hydrogens is 458 g/mol. The maximum absolute atomic E-state index is 5.02. The van der Waals surface area contributed by atoms with E-state index in [1.807, 2.05) is 48.7 Å². The van der Waals surface area contributed by atoms with Gasteiger partial charge in [0, 0.05) is 27.2 Å². The van der Waals surface area contributed by atoms with Crippen LogP contribution in [0.2, 0.25) is 0 Å². The van der Waals surface area contributed by atoms with Gasteiger partial charge in [-0.1, -0.05) is 76.6 Å². The minimum Gasteiger partial charge on any atom is -0.307 e. The van der Waals surface area contributed by atoms with Crippen LogP contribution in [0.3, 0.4) is 0 Å². The molecule has 0 fully saturated rings. The number of hydrogen-bond acceptors (Lipinski definition) is 2. The molecule has 4 heteroatoms. The second kappa shape index (κ2) is 7.74. The quantitative estimate of drug-likeness (QED) is 0.262. The second-order valence-corrected chi connectivity index (χ2v) is 8.61. The Morgan fingerprint density at radius 1 is 0.625 bits per heavy atom. The summed E-state index contributed by atoms with van der Waals surface area (Å²) in [5, 5.41) is 1.13. The first-order valence-electron chi connectivity index (χ1n) is 10.5. The van der Waals surface area contributed by atoms with Crippen molar-refractivity contribution in [1.29, 1.82) is 0 Å². The highest BCUT2D eigenvalue weighted by molar-refractivity contribution is 9.10. The van der Waals surface area contributed by atoms with Crippen molar-refractivity contribution in [1.82, 2.24) is 14.5 Å². The lowest BCUT2D eigenvalue weighted by Crippen LogP contribution is -1.98. The summed E-state index contributed by atoms with van der Waals surface area (Å²) in [5.74, 6) is 0. The molecule has 3 aromatic carbocycles. The van der Waals surface area contributed by atoms with E-state index in [0.29, 0.717) is 0 Å². The van der Waals surface area contributed by atoms with E-state index in [2.05, 4.69) is 81.2 Å². The Hall–Kier alpha value is -3.76. The molecule has 6 rings (SSSR count). The van der Waals surface area contributed by atoms with Gasteiger partial charge in [0.2, 0.25) is 0 Å². The molecule has 0 radical (unpaired) electrons. The summed E-state index contributed by atoms with van der Waals surface area (Å²) in [4.78, 5) is 9.72. The lowest BCUT2D eigenvalue weighted by atomic mass is 10.1.